The Bertz CT molecular complexity index is 679. The van der Waals surface area contributed by atoms with E-state index in [0.29, 0.717) is 12.2 Å². The highest BCUT2D eigenvalue weighted by Gasteiger charge is 2.26. The molecule has 0 amide bonds. The summed E-state index contributed by atoms with van der Waals surface area (Å²) in [6, 6.07) is 5.34. The molecule has 3 nitrogen and oxygen atoms in total. The summed E-state index contributed by atoms with van der Waals surface area (Å²) in [5, 5.41) is 7.18. The van der Waals surface area contributed by atoms with Gasteiger partial charge in [0.15, 0.2) is 0 Å². The lowest BCUT2D eigenvalue weighted by atomic mass is 10.2. The predicted molar refractivity (Wildman–Crippen MR) is 76.0 cm³/mol. The summed E-state index contributed by atoms with van der Waals surface area (Å²) < 4.78 is 47.3. The molecule has 0 saturated heterocycles. The van der Waals surface area contributed by atoms with Crippen molar-refractivity contribution >= 4 is 26.9 Å². The Labute approximate surface area is 120 Å². The van der Waals surface area contributed by atoms with Crippen LogP contribution in [0.2, 0.25) is 0 Å². The molecule has 0 aliphatic rings. The first-order valence-corrected chi connectivity index (χ1v) is 8.28. The number of hydrogen-bond acceptors (Lipinski definition) is 4. The third-order valence-corrected chi connectivity index (χ3v) is 5.17. The van der Waals surface area contributed by atoms with Crippen molar-refractivity contribution in [3.8, 4) is 0 Å². The van der Waals surface area contributed by atoms with Gasteiger partial charge in [0.25, 0.3) is 0 Å². The van der Waals surface area contributed by atoms with E-state index in [1.54, 1.807) is 11.3 Å². The maximum atomic E-state index is 12.4. The van der Waals surface area contributed by atoms with Gasteiger partial charge in [0.05, 0.1) is 4.90 Å². The quantitative estimate of drug-likeness (QED) is 0.915. The van der Waals surface area contributed by atoms with Gasteiger partial charge in [-0.25, -0.2) is 8.42 Å². The first-order valence-electron chi connectivity index (χ1n) is 5.79. The first-order chi connectivity index (χ1) is 9.41. The molecule has 0 radical (unpaired) electrons. The number of nitrogens with one attached hydrogen (secondary N) is 1. The van der Waals surface area contributed by atoms with Crippen molar-refractivity contribution in [2.45, 2.75) is 24.1 Å². The zero-order chi connectivity index (χ0) is 14.8. The van der Waals surface area contributed by atoms with Gasteiger partial charge in [-0.1, -0.05) is 0 Å². The lowest BCUT2D eigenvalue weighted by molar-refractivity contribution is 0.234. The normalized spacial score (nSPS) is 11.8. The van der Waals surface area contributed by atoms with E-state index in [2.05, 4.69) is 5.32 Å². The highest BCUT2D eigenvalue weighted by molar-refractivity contribution is 7.91. The molecule has 2 rings (SSSR count). The molecule has 0 aliphatic carbocycles. The molecule has 0 atom stereocenters. The van der Waals surface area contributed by atoms with E-state index in [1.165, 1.54) is 29.8 Å². The number of anilines is 1. The maximum absolute atomic E-state index is 12.4. The lowest BCUT2D eigenvalue weighted by Crippen LogP contribution is -2.11. The SMILES string of the molecule is Cc1cscc1CNc1ccc(S(=O)(=O)C(F)F)cc1. The van der Waals surface area contributed by atoms with Gasteiger partial charge in [-0.15, -0.1) is 0 Å². The van der Waals surface area contributed by atoms with Crippen molar-refractivity contribution < 1.29 is 17.2 Å². The van der Waals surface area contributed by atoms with Crippen LogP contribution in [0.5, 0.6) is 0 Å². The molecule has 20 heavy (non-hydrogen) atoms. The molecule has 0 fully saturated rings. The second-order valence-corrected chi connectivity index (χ2v) is 6.92. The molecule has 2 aromatic rings. The average molecular weight is 317 g/mol. The van der Waals surface area contributed by atoms with Crippen molar-refractivity contribution in [2.24, 2.45) is 0 Å². The van der Waals surface area contributed by atoms with Gasteiger partial charge in [-0.05, 0) is 53.1 Å². The molecule has 1 aromatic heterocycles. The maximum Gasteiger partial charge on any atom is 0.341 e. The van der Waals surface area contributed by atoms with Crippen molar-refractivity contribution in [2.75, 3.05) is 5.32 Å². The monoisotopic (exact) mass is 317 g/mol. The van der Waals surface area contributed by atoms with Crippen LogP contribution in [0.1, 0.15) is 11.1 Å². The van der Waals surface area contributed by atoms with Gasteiger partial charge in [-0.3, -0.25) is 0 Å². The van der Waals surface area contributed by atoms with Crippen molar-refractivity contribution in [1.29, 1.82) is 0 Å². The number of thiophene rings is 1. The number of rotatable bonds is 5. The van der Waals surface area contributed by atoms with Gasteiger partial charge in [0.2, 0.25) is 9.84 Å². The second kappa shape index (κ2) is 5.88. The molecule has 108 valence electrons. The topological polar surface area (TPSA) is 46.2 Å². The fraction of sp³-hybridized carbons (Fsp3) is 0.231. The van der Waals surface area contributed by atoms with E-state index in [-0.39, 0.29) is 4.90 Å². The minimum atomic E-state index is -4.52. The number of sulfone groups is 1. The highest BCUT2D eigenvalue weighted by atomic mass is 32.2. The smallest absolute Gasteiger partial charge is 0.341 e. The third-order valence-electron chi connectivity index (χ3n) is 2.86. The number of benzene rings is 1. The number of aryl methyl sites for hydroxylation is 1. The second-order valence-electron chi connectivity index (χ2n) is 4.26. The molecular weight excluding hydrogens is 304 g/mol. The van der Waals surface area contributed by atoms with Gasteiger partial charge in [-0.2, -0.15) is 20.1 Å². The largest absolute Gasteiger partial charge is 0.381 e. The molecule has 1 heterocycles. The Morgan fingerprint density at radius 3 is 2.35 bits per heavy atom. The zero-order valence-corrected chi connectivity index (χ0v) is 12.3. The van der Waals surface area contributed by atoms with Gasteiger partial charge in [0, 0.05) is 12.2 Å². The van der Waals surface area contributed by atoms with E-state index in [9.17, 15) is 17.2 Å². The minimum Gasteiger partial charge on any atom is -0.381 e. The summed E-state index contributed by atoms with van der Waals surface area (Å²) in [7, 11) is -4.52. The van der Waals surface area contributed by atoms with Gasteiger partial charge >= 0.3 is 5.76 Å². The van der Waals surface area contributed by atoms with Crippen molar-refractivity contribution in [3.63, 3.8) is 0 Å². The summed E-state index contributed by atoms with van der Waals surface area (Å²) >= 11 is 1.61. The first kappa shape index (κ1) is 14.9. The Hall–Kier alpha value is -1.47. The van der Waals surface area contributed by atoms with Crippen molar-refractivity contribution in [1.82, 2.24) is 0 Å². The molecule has 0 unspecified atom stereocenters. The Morgan fingerprint density at radius 1 is 1.20 bits per heavy atom. The molecule has 0 spiro atoms. The van der Waals surface area contributed by atoms with Crippen LogP contribution in [0, 0.1) is 6.92 Å². The third kappa shape index (κ3) is 3.16. The summed E-state index contributed by atoms with van der Waals surface area (Å²) in [6.07, 6.45) is 0. The standard InChI is InChI=1S/C13H13F2NO2S2/c1-9-7-19-8-10(9)6-16-11-2-4-12(5-3-11)20(17,18)13(14)15/h2-5,7-8,13,16H,6H2,1H3. The summed E-state index contributed by atoms with van der Waals surface area (Å²) in [5.41, 5.74) is 3.02. The van der Waals surface area contributed by atoms with Crippen LogP contribution in [0.4, 0.5) is 14.5 Å². The van der Waals surface area contributed by atoms with E-state index >= 15 is 0 Å². The van der Waals surface area contributed by atoms with Gasteiger partial charge < -0.3 is 5.32 Å². The van der Waals surface area contributed by atoms with Crippen LogP contribution < -0.4 is 5.32 Å². The van der Waals surface area contributed by atoms with E-state index in [0.717, 1.165) is 5.56 Å². The minimum absolute atomic E-state index is 0.371. The van der Waals surface area contributed by atoms with E-state index in [4.69, 9.17) is 0 Å². The van der Waals surface area contributed by atoms with E-state index in [1.807, 2.05) is 17.7 Å². The average Bonchev–Trinajstić information content (AvgIpc) is 2.82. The van der Waals surface area contributed by atoms with Crippen LogP contribution in [0.3, 0.4) is 0 Å². The fourth-order valence-corrected chi connectivity index (χ4v) is 3.21. The summed E-state index contributed by atoms with van der Waals surface area (Å²) in [6.45, 7) is 2.61. The Morgan fingerprint density at radius 2 is 1.85 bits per heavy atom. The number of hydrogen-bond donors (Lipinski definition) is 1. The number of halogens is 2. The molecular formula is C13H13F2NO2S2. The Balaban J connectivity index is 2.08. The fourth-order valence-electron chi connectivity index (χ4n) is 1.63. The van der Waals surface area contributed by atoms with Gasteiger partial charge in [0.1, 0.15) is 0 Å². The Kier molecular flexibility index (Phi) is 4.39. The summed E-state index contributed by atoms with van der Waals surface area (Å²) in [5.74, 6) is -3.39. The van der Waals surface area contributed by atoms with Crippen molar-refractivity contribution in [3.05, 3.63) is 46.2 Å². The molecule has 0 saturated carbocycles. The summed E-state index contributed by atoms with van der Waals surface area (Å²) in [4.78, 5) is -0.371. The molecule has 1 N–H and O–H groups in total. The molecule has 7 heteroatoms. The lowest BCUT2D eigenvalue weighted by Gasteiger charge is -2.08. The number of alkyl halides is 2. The molecule has 0 bridgehead atoms. The van der Waals surface area contributed by atoms with Crippen LogP contribution in [0.25, 0.3) is 0 Å². The van der Waals surface area contributed by atoms with Crippen LogP contribution in [-0.2, 0) is 16.4 Å². The van der Waals surface area contributed by atoms with Crippen LogP contribution in [0.15, 0.2) is 39.9 Å². The van der Waals surface area contributed by atoms with Crippen LogP contribution in [-0.4, -0.2) is 14.2 Å². The molecule has 0 aliphatic heterocycles. The highest BCUT2D eigenvalue weighted by Crippen LogP contribution is 2.21. The predicted octanol–water partition coefficient (Wildman–Crippen LogP) is 3.66. The zero-order valence-electron chi connectivity index (χ0n) is 10.6. The molecule has 1 aromatic carbocycles. The van der Waals surface area contributed by atoms with Crippen LogP contribution >= 0.6 is 11.3 Å². The van der Waals surface area contributed by atoms with E-state index < -0.39 is 15.6 Å².